The predicted octanol–water partition coefficient (Wildman–Crippen LogP) is 3.54. The number of likely N-dealkylation sites (tertiary alicyclic amines) is 1. The van der Waals surface area contributed by atoms with Gasteiger partial charge < -0.3 is 9.88 Å². The Morgan fingerprint density at radius 1 is 1.09 bits per heavy atom. The average Bonchev–Trinajstić information content (AvgIpc) is 3.18. The summed E-state index contributed by atoms with van der Waals surface area (Å²) in [5, 5.41) is 3.82. The lowest BCUT2D eigenvalue weighted by Gasteiger charge is -2.33. The number of carbonyl (C=O) groups is 1. The third kappa shape index (κ3) is 5.19. The third-order valence-corrected chi connectivity index (χ3v) is 8.50. The quantitative estimate of drug-likeness (QED) is 0.533. The van der Waals surface area contributed by atoms with Gasteiger partial charge in [-0.2, -0.15) is 0 Å². The monoisotopic (exact) mass is 482 g/mol. The maximum Gasteiger partial charge on any atom is 0.267 e. The Hall–Kier alpha value is -2.68. The van der Waals surface area contributed by atoms with Gasteiger partial charge in [-0.3, -0.25) is 9.69 Å². The summed E-state index contributed by atoms with van der Waals surface area (Å²) in [5.74, 6) is -0.145. The zero-order valence-electron chi connectivity index (χ0n) is 20.2. The van der Waals surface area contributed by atoms with Crippen molar-refractivity contribution in [2.45, 2.75) is 43.7 Å². The normalized spacial score (nSPS) is 17.4. The Kier molecular flexibility index (Phi) is 7.40. The largest absolute Gasteiger partial charge is 0.349 e. The van der Waals surface area contributed by atoms with E-state index in [1.54, 1.807) is 24.3 Å². The van der Waals surface area contributed by atoms with Crippen molar-refractivity contribution in [2.75, 3.05) is 33.7 Å². The van der Waals surface area contributed by atoms with Crippen LogP contribution in [0.4, 0.5) is 0 Å². The molecule has 3 aromatic rings. The molecule has 0 bridgehead atoms. The zero-order valence-corrected chi connectivity index (χ0v) is 21.0. The number of amides is 1. The molecule has 2 heterocycles. The highest BCUT2D eigenvalue weighted by molar-refractivity contribution is 7.89. The molecule has 1 aliphatic rings. The SMILES string of the molecule is C[C@@H]1CCCCN1CCNC(=O)c1cc2cc(S(=O)(=O)N(C)C)ccc2n1Cc1ccccc1. The van der Waals surface area contributed by atoms with Crippen LogP contribution in [-0.2, 0) is 16.6 Å². The first-order valence-electron chi connectivity index (χ1n) is 11.9. The summed E-state index contributed by atoms with van der Waals surface area (Å²) in [6.45, 7) is 5.26. The van der Waals surface area contributed by atoms with E-state index in [1.807, 2.05) is 34.9 Å². The Labute approximate surface area is 202 Å². The number of hydrogen-bond acceptors (Lipinski definition) is 4. The lowest BCUT2D eigenvalue weighted by molar-refractivity contribution is 0.0930. The smallest absolute Gasteiger partial charge is 0.267 e. The molecule has 8 heteroatoms. The van der Waals surface area contributed by atoms with Gasteiger partial charge in [0.05, 0.1) is 4.90 Å². The fourth-order valence-electron chi connectivity index (χ4n) is 4.64. The molecule has 0 aliphatic carbocycles. The number of carbonyl (C=O) groups excluding carboxylic acids is 1. The van der Waals surface area contributed by atoms with Crippen LogP contribution in [0.15, 0.2) is 59.5 Å². The summed E-state index contributed by atoms with van der Waals surface area (Å²) in [6, 6.07) is 17.4. The fourth-order valence-corrected chi connectivity index (χ4v) is 5.58. The summed E-state index contributed by atoms with van der Waals surface area (Å²) >= 11 is 0. The second-order valence-corrected chi connectivity index (χ2v) is 11.4. The molecule has 1 amide bonds. The number of sulfonamides is 1. The van der Waals surface area contributed by atoms with Crippen LogP contribution in [0.3, 0.4) is 0 Å². The number of benzene rings is 2. The molecule has 1 fully saturated rings. The lowest BCUT2D eigenvalue weighted by Crippen LogP contribution is -2.42. The molecule has 0 radical (unpaired) electrons. The topological polar surface area (TPSA) is 74.7 Å². The second-order valence-electron chi connectivity index (χ2n) is 9.25. The van der Waals surface area contributed by atoms with Crippen molar-refractivity contribution >= 4 is 26.8 Å². The molecule has 182 valence electrons. The van der Waals surface area contributed by atoms with Crippen molar-refractivity contribution in [3.8, 4) is 0 Å². The van der Waals surface area contributed by atoms with Crippen LogP contribution in [0.25, 0.3) is 10.9 Å². The highest BCUT2D eigenvalue weighted by Crippen LogP contribution is 2.26. The number of nitrogens with zero attached hydrogens (tertiary/aromatic N) is 3. The van der Waals surface area contributed by atoms with Crippen molar-refractivity contribution in [3.05, 3.63) is 65.9 Å². The molecular weight excluding hydrogens is 448 g/mol. The van der Waals surface area contributed by atoms with Crippen molar-refractivity contribution in [1.29, 1.82) is 0 Å². The molecule has 1 saturated heterocycles. The van der Waals surface area contributed by atoms with E-state index < -0.39 is 10.0 Å². The van der Waals surface area contributed by atoms with Gasteiger partial charge in [0, 0.05) is 50.7 Å². The highest BCUT2D eigenvalue weighted by Gasteiger charge is 2.22. The molecule has 2 aromatic carbocycles. The van der Waals surface area contributed by atoms with E-state index in [0.29, 0.717) is 24.8 Å². The maximum atomic E-state index is 13.3. The van der Waals surface area contributed by atoms with Crippen LogP contribution in [0, 0.1) is 0 Å². The number of rotatable bonds is 8. The van der Waals surface area contributed by atoms with Gasteiger partial charge in [-0.15, -0.1) is 0 Å². The van der Waals surface area contributed by atoms with Crippen molar-refractivity contribution in [2.24, 2.45) is 0 Å². The van der Waals surface area contributed by atoms with Crippen molar-refractivity contribution in [1.82, 2.24) is 19.1 Å². The van der Waals surface area contributed by atoms with E-state index in [4.69, 9.17) is 0 Å². The van der Waals surface area contributed by atoms with Gasteiger partial charge in [-0.25, -0.2) is 12.7 Å². The van der Waals surface area contributed by atoms with Gasteiger partial charge in [0.25, 0.3) is 5.91 Å². The van der Waals surface area contributed by atoms with Gasteiger partial charge in [-0.1, -0.05) is 36.8 Å². The molecule has 0 saturated carbocycles. The number of piperidine rings is 1. The van der Waals surface area contributed by atoms with Crippen LogP contribution < -0.4 is 5.32 Å². The number of nitrogens with one attached hydrogen (secondary N) is 1. The zero-order chi connectivity index (χ0) is 24.3. The van der Waals surface area contributed by atoms with Crippen LogP contribution in [0.5, 0.6) is 0 Å². The van der Waals surface area contributed by atoms with E-state index in [2.05, 4.69) is 17.1 Å². The molecular formula is C26H34N4O3S. The Balaban J connectivity index is 1.63. The Morgan fingerprint density at radius 2 is 1.85 bits per heavy atom. The number of fused-ring (bicyclic) bond motifs is 1. The molecule has 1 aromatic heterocycles. The first kappa shape index (κ1) is 24.4. The number of aromatic nitrogens is 1. The number of hydrogen-bond donors (Lipinski definition) is 1. The molecule has 7 nitrogen and oxygen atoms in total. The summed E-state index contributed by atoms with van der Waals surface area (Å²) in [4.78, 5) is 15.9. The first-order valence-corrected chi connectivity index (χ1v) is 13.3. The Morgan fingerprint density at radius 3 is 2.56 bits per heavy atom. The first-order chi connectivity index (χ1) is 16.3. The minimum atomic E-state index is -3.56. The average molecular weight is 483 g/mol. The van der Waals surface area contributed by atoms with E-state index in [1.165, 1.54) is 37.7 Å². The summed E-state index contributed by atoms with van der Waals surface area (Å²) in [5.41, 5.74) is 2.43. The van der Waals surface area contributed by atoms with Crippen molar-refractivity contribution in [3.63, 3.8) is 0 Å². The minimum Gasteiger partial charge on any atom is -0.349 e. The molecule has 4 rings (SSSR count). The van der Waals surface area contributed by atoms with Gasteiger partial charge >= 0.3 is 0 Å². The summed E-state index contributed by atoms with van der Waals surface area (Å²) in [6.07, 6.45) is 3.69. The molecule has 1 atom stereocenters. The van der Waals surface area contributed by atoms with Gasteiger partial charge in [0.2, 0.25) is 10.0 Å². The van der Waals surface area contributed by atoms with Crippen LogP contribution >= 0.6 is 0 Å². The predicted molar refractivity (Wildman–Crippen MR) is 136 cm³/mol. The lowest BCUT2D eigenvalue weighted by atomic mass is 10.0. The highest BCUT2D eigenvalue weighted by atomic mass is 32.2. The van der Waals surface area contributed by atoms with Crippen LogP contribution in [0.2, 0.25) is 0 Å². The molecule has 34 heavy (non-hydrogen) atoms. The standard InChI is InChI=1S/C26H34N4O3S/c1-20-9-7-8-15-29(20)16-14-27-26(31)25-18-22-17-23(34(32,33)28(2)3)12-13-24(22)30(25)19-21-10-5-4-6-11-21/h4-6,10-13,17-18,20H,7-9,14-16,19H2,1-3H3,(H,27,31)/t20-/m1/s1. The summed E-state index contributed by atoms with van der Waals surface area (Å²) < 4.78 is 28.5. The summed E-state index contributed by atoms with van der Waals surface area (Å²) in [7, 11) is -0.533. The van der Waals surface area contributed by atoms with Crippen LogP contribution in [-0.4, -0.2) is 67.9 Å². The maximum absolute atomic E-state index is 13.3. The molecule has 1 aliphatic heterocycles. The molecule has 1 N–H and O–H groups in total. The van der Waals surface area contributed by atoms with Crippen molar-refractivity contribution < 1.29 is 13.2 Å². The molecule has 0 unspecified atom stereocenters. The van der Waals surface area contributed by atoms with Gasteiger partial charge in [0.1, 0.15) is 5.69 Å². The van der Waals surface area contributed by atoms with E-state index >= 15 is 0 Å². The third-order valence-electron chi connectivity index (χ3n) is 6.69. The van der Waals surface area contributed by atoms with E-state index in [9.17, 15) is 13.2 Å². The van der Waals surface area contributed by atoms with E-state index in [-0.39, 0.29) is 10.8 Å². The second kappa shape index (κ2) is 10.3. The fraction of sp³-hybridized carbons (Fsp3) is 0.423. The minimum absolute atomic E-state index is 0.145. The van der Waals surface area contributed by atoms with Gasteiger partial charge in [0.15, 0.2) is 0 Å². The molecule has 0 spiro atoms. The van der Waals surface area contributed by atoms with Gasteiger partial charge in [-0.05, 0) is 56.1 Å². The Bertz CT molecular complexity index is 1250. The van der Waals surface area contributed by atoms with E-state index in [0.717, 1.165) is 29.6 Å². The van der Waals surface area contributed by atoms with Crippen LogP contribution in [0.1, 0.15) is 42.2 Å².